The van der Waals surface area contributed by atoms with Crippen LogP contribution in [0.5, 0.6) is 5.88 Å². The molecule has 0 aliphatic heterocycles. The molecule has 0 atom stereocenters. The molecule has 0 bridgehead atoms. The fourth-order valence-electron chi connectivity index (χ4n) is 4.63. The molecule has 2 N–H and O–H groups in total. The molecular formula is C25H22N4O. The number of anilines is 1. The number of nitrogens with zero attached hydrogens (tertiary/aromatic N) is 3. The smallest absolute Gasteiger partial charge is 0.197 e. The second kappa shape index (κ2) is 6.85. The van der Waals surface area contributed by atoms with Gasteiger partial charge < -0.3 is 19.6 Å². The number of fused-ring (bicyclic) bond motifs is 5. The zero-order valence-electron chi connectivity index (χ0n) is 17.0. The molecule has 0 saturated carbocycles. The number of H-pyrrole nitrogens is 1. The highest BCUT2D eigenvalue weighted by Gasteiger charge is 2.25. The van der Waals surface area contributed by atoms with Gasteiger partial charge in [-0.15, -0.1) is 0 Å². The van der Waals surface area contributed by atoms with E-state index in [1.54, 1.807) is 0 Å². The Hall–Kier alpha value is -3.91. The summed E-state index contributed by atoms with van der Waals surface area (Å²) in [4.78, 5) is 5.20. The molecule has 2 aromatic heterocycles. The lowest BCUT2D eigenvalue weighted by Crippen LogP contribution is -2.20. The normalized spacial score (nSPS) is 11.4. The molecule has 5 heteroatoms. The van der Waals surface area contributed by atoms with Gasteiger partial charge in [0, 0.05) is 54.1 Å². The van der Waals surface area contributed by atoms with E-state index in [4.69, 9.17) is 0 Å². The number of hydrogen-bond acceptors (Lipinski definition) is 3. The molecule has 5 nitrogen and oxygen atoms in total. The van der Waals surface area contributed by atoms with E-state index >= 15 is 0 Å². The molecular weight excluding hydrogens is 372 g/mol. The molecule has 0 aliphatic carbocycles. The highest BCUT2D eigenvalue weighted by molar-refractivity contribution is 6.29. The zero-order valence-corrected chi connectivity index (χ0v) is 17.0. The summed E-state index contributed by atoms with van der Waals surface area (Å²) >= 11 is 0. The molecule has 0 aliphatic rings. The van der Waals surface area contributed by atoms with Crippen molar-refractivity contribution < 1.29 is 5.11 Å². The minimum Gasteiger partial charge on any atom is -0.494 e. The van der Waals surface area contributed by atoms with Crippen molar-refractivity contribution in [2.75, 3.05) is 18.5 Å². The minimum absolute atomic E-state index is 0.176. The van der Waals surface area contributed by atoms with Gasteiger partial charge in [-0.3, -0.25) is 0 Å². The third kappa shape index (κ3) is 2.47. The summed E-state index contributed by atoms with van der Waals surface area (Å²) in [7, 11) is 4.10. The lowest BCUT2D eigenvalue weighted by Gasteiger charge is -2.25. The standard InChI is InChI=1S/C25H22N4O/c1-28(14-8-13-26)23-20(16-9-4-3-5-10-16)18-15-27-25(30)22(18)21-17-11-6-7-12-19(17)29(2)24(21)23/h3-7,9-12,15,27,30H,8,14H2,1-2H3. The van der Waals surface area contributed by atoms with E-state index < -0.39 is 0 Å². The number of benzene rings is 3. The predicted octanol–water partition coefficient (Wildman–Crippen LogP) is 5.54. The molecule has 0 amide bonds. The van der Waals surface area contributed by atoms with E-state index in [9.17, 15) is 10.4 Å². The first-order valence-electron chi connectivity index (χ1n) is 10.00. The van der Waals surface area contributed by atoms with Gasteiger partial charge in [-0.05, 0) is 11.6 Å². The van der Waals surface area contributed by atoms with Crippen LogP contribution in [0.15, 0.2) is 60.8 Å². The second-order valence-electron chi connectivity index (χ2n) is 7.65. The lowest BCUT2D eigenvalue weighted by atomic mass is 9.94. The van der Waals surface area contributed by atoms with Crippen LogP contribution in [0.3, 0.4) is 0 Å². The van der Waals surface area contributed by atoms with Crippen LogP contribution in [0.1, 0.15) is 6.42 Å². The van der Waals surface area contributed by atoms with Gasteiger partial charge in [0.1, 0.15) is 0 Å². The number of aromatic hydroxyl groups is 1. The Balaban J connectivity index is 2.05. The molecule has 0 unspecified atom stereocenters. The maximum Gasteiger partial charge on any atom is 0.197 e. The summed E-state index contributed by atoms with van der Waals surface area (Å²) in [5, 5.41) is 23.9. The average Bonchev–Trinajstić information content (AvgIpc) is 3.30. The summed E-state index contributed by atoms with van der Waals surface area (Å²) in [5.74, 6) is 0.176. The van der Waals surface area contributed by atoms with Gasteiger partial charge in [0.05, 0.1) is 29.1 Å². The second-order valence-corrected chi connectivity index (χ2v) is 7.65. The van der Waals surface area contributed by atoms with Crippen LogP contribution in [0, 0.1) is 11.3 Å². The summed E-state index contributed by atoms with van der Waals surface area (Å²) < 4.78 is 2.20. The van der Waals surface area contributed by atoms with Crippen molar-refractivity contribution in [1.29, 1.82) is 5.26 Å². The van der Waals surface area contributed by atoms with Gasteiger partial charge in [0.25, 0.3) is 0 Å². The van der Waals surface area contributed by atoms with Gasteiger partial charge in [-0.2, -0.15) is 5.26 Å². The number of nitrogens with one attached hydrogen (secondary N) is 1. The monoisotopic (exact) mass is 394 g/mol. The molecule has 3 aromatic carbocycles. The molecule has 0 fully saturated rings. The molecule has 5 rings (SSSR count). The van der Waals surface area contributed by atoms with Gasteiger partial charge in [0.15, 0.2) is 5.88 Å². The average molecular weight is 394 g/mol. The summed E-state index contributed by atoms with van der Waals surface area (Å²) in [5.41, 5.74) is 5.36. The van der Waals surface area contributed by atoms with E-state index in [2.05, 4.69) is 51.8 Å². The lowest BCUT2D eigenvalue weighted by molar-refractivity contribution is 0.463. The topological polar surface area (TPSA) is 68.0 Å². The predicted molar refractivity (Wildman–Crippen MR) is 123 cm³/mol. The van der Waals surface area contributed by atoms with Crippen molar-refractivity contribution in [2.45, 2.75) is 6.42 Å². The third-order valence-electron chi connectivity index (χ3n) is 5.95. The van der Waals surface area contributed by atoms with Gasteiger partial charge in [0.2, 0.25) is 0 Å². The first kappa shape index (κ1) is 18.1. The van der Waals surface area contributed by atoms with Crippen LogP contribution < -0.4 is 4.90 Å². The van der Waals surface area contributed by atoms with Crippen molar-refractivity contribution in [2.24, 2.45) is 7.05 Å². The Morgan fingerprint density at radius 2 is 1.77 bits per heavy atom. The Morgan fingerprint density at radius 3 is 2.53 bits per heavy atom. The fourth-order valence-corrected chi connectivity index (χ4v) is 4.63. The molecule has 5 aromatic rings. The van der Waals surface area contributed by atoms with Crippen LogP contribution in [0.25, 0.3) is 43.7 Å². The minimum atomic E-state index is 0.176. The Morgan fingerprint density at radius 1 is 1.03 bits per heavy atom. The maximum absolute atomic E-state index is 10.8. The van der Waals surface area contributed by atoms with E-state index in [1.807, 2.05) is 43.6 Å². The molecule has 148 valence electrons. The van der Waals surface area contributed by atoms with Crippen molar-refractivity contribution in [3.05, 3.63) is 60.8 Å². The quantitative estimate of drug-likeness (QED) is 0.421. The van der Waals surface area contributed by atoms with Crippen LogP contribution >= 0.6 is 0 Å². The molecule has 2 heterocycles. The van der Waals surface area contributed by atoms with Crippen LogP contribution in [-0.4, -0.2) is 28.3 Å². The molecule has 0 radical (unpaired) electrons. The van der Waals surface area contributed by atoms with Crippen molar-refractivity contribution in [3.8, 4) is 23.1 Å². The molecule has 0 saturated heterocycles. The first-order chi connectivity index (χ1) is 14.6. The van der Waals surface area contributed by atoms with E-state index in [0.29, 0.717) is 13.0 Å². The van der Waals surface area contributed by atoms with E-state index in [-0.39, 0.29) is 5.88 Å². The van der Waals surface area contributed by atoms with Crippen LogP contribution in [0.4, 0.5) is 5.69 Å². The van der Waals surface area contributed by atoms with Gasteiger partial charge >= 0.3 is 0 Å². The Bertz CT molecular complexity index is 1440. The van der Waals surface area contributed by atoms with Crippen LogP contribution in [0.2, 0.25) is 0 Å². The van der Waals surface area contributed by atoms with E-state index in [0.717, 1.165) is 49.4 Å². The number of rotatable bonds is 4. The number of nitriles is 1. The Kier molecular flexibility index (Phi) is 4.14. The Labute approximate surface area is 174 Å². The largest absolute Gasteiger partial charge is 0.494 e. The van der Waals surface area contributed by atoms with Crippen molar-refractivity contribution in [1.82, 2.24) is 9.55 Å². The first-order valence-corrected chi connectivity index (χ1v) is 10.00. The summed E-state index contributed by atoms with van der Waals surface area (Å²) in [6.45, 7) is 0.620. The molecule has 30 heavy (non-hydrogen) atoms. The number of aromatic nitrogens is 2. The number of para-hydroxylation sites is 1. The highest BCUT2D eigenvalue weighted by Crippen LogP contribution is 2.49. The van der Waals surface area contributed by atoms with Crippen molar-refractivity contribution >= 4 is 38.3 Å². The number of aryl methyl sites for hydroxylation is 1. The number of hydrogen-bond donors (Lipinski definition) is 2. The summed E-state index contributed by atoms with van der Waals surface area (Å²) in [6.07, 6.45) is 2.32. The van der Waals surface area contributed by atoms with Crippen molar-refractivity contribution in [3.63, 3.8) is 0 Å². The van der Waals surface area contributed by atoms with Crippen LogP contribution in [-0.2, 0) is 7.05 Å². The maximum atomic E-state index is 10.8. The van der Waals surface area contributed by atoms with Gasteiger partial charge in [-0.1, -0.05) is 48.5 Å². The van der Waals surface area contributed by atoms with E-state index in [1.165, 1.54) is 0 Å². The van der Waals surface area contributed by atoms with Gasteiger partial charge in [-0.25, -0.2) is 0 Å². The third-order valence-corrected chi connectivity index (χ3v) is 5.95. The summed E-state index contributed by atoms with van der Waals surface area (Å²) in [6, 6.07) is 20.8. The number of aromatic amines is 1. The highest BCUT2D eigenvalue weighted by atomic mass is 16.3. The molecule has 0 spiro atoms. The zero-order chi connectivity index (χ0) is 20.8. The fraction of sp³-hybridized carbons (Fsp3) is 0.160. The SMILES string of the molecule is CN(CCC#N)c1c(-c2ccccc2)c2c[nH]c(O)c2c2c3ccccc3n(C)c12.